The summed E-state index contributed by atoms with van der Waals surface area (Å²) < 4.78 is 9.15. The van der Waals surface area contributed by atoms with Crippen molar-refractivity contribution >= 4 is 42.9 Å². The maximum absolute atomic E-state index is 6.61. The molecule has 0 saturated heterocycles. The van der Waals surface area contributed by atoms with Gasteiger partial charge in [-0.1, -0.05) is 146 Å². The number of anilines is 2. The van der Waals surface area contributed by atoms with Gasteiger partial charge in [0.05, 0.1) is 11.1 Å². The predicted octanol–water partition coefficient (Wildman–Crippen LogP) is 14.0. The Hall–Kier alpha value is -6.42. The fourth-order valence-electron chi connectivity index (χ4n) is 8.79. The Morgan fingerprint density at radius 3 is 2.02 bits per heavy atom. The number of nitrogens with zero attached hydrogens (tertiary/aromatic N) is 1. The molecule has 0 atom stereocenters. The van der Waals surface area contributed by atoms with Crippen LogP contribution in [-0.4, -0.2) is 0 Å². The topological polar surface area (TPSA) is 12.5 Å². The third-order valence-electron chi connectivity index (χ3n) is 10.9. The van der Waals surface area contributed by atoms with Gasteiger partial charge in [0, 0.05) is 48.2 Å². The van der Waals surface area contributed by atoms with E-state index in [1.165, 1.54) is 64.7 Å². The van der Waals surface area contributed by atoms with Crippen LogP contribution in [0.3, 0.4) is 0 Å². The number of benzene rings is 7. The highest BCUT2D eigenvalue weighted by molar-refractivity contribution is 7.26. The molecule has 2 aliphatic rings. The van der Waals surface area contributed by atoms with Crippen molar-refractivity contribution in [3.63, 3.8) is 0 Å². The van der Waals surface area contributed by atoms with Crippen molar-refractivity contribution in [2.45, 2.75) is 12.3 Å². The van der Waals surface area contributed by atoms with E-state index in [-0.39, 0.29) is 0 Å². The molecule has 53 heavy (non-hydrogen) atoms. The lowest BCUT2D eigenvalue weighted by molar-refractivity contribution is 0.436. The molecule has 0 unspecified atom stereocenters. The van der Waals surface area contributed by atoms with E-state index in [1.807, 2.05) is 23.5 Å². The standard InChI is InChI=1S/C50H35NOS/c1-3-4-6-18-33(2)51(34-19-7-5-8-20-34)43-32-31-36(49-48(43)38-22-10-16-30-46(38)53-49)35-23-17-27-42-47(35)37-21-9-11-24-39(37)50(42)40-25-12-14-28-44(40)52-45-29-15-13-26-41(45)50/h3-32H,1H2,2H3/b6-4-,33-18+. The molecule has 1 aliphatic heterocycles. The zero-order valence-electron chi connectivity index (χ0n) is 29.3. The van der Waals surface area contributed by atoms with Crippen LogP contribution in [0.5, 0.6) is 11.5 Å². The molecule has 7 aromatic carbocycles. The minimum Gasteiger partial charge on any atom is -0.457 e. The van der Waals surface area contributed by atoms with E-state index < -0.39 is 5.41 Å². The van der Waals surface area contributed by atoms with Gasteiger partial charge in [-0.3, -0.25) is 0 Å². The number of rotatable bonds is 6. The van der Waals surface area contributed by atoms with E-state index in [1.54, 1.807) is 0 Å². The number of para-hydroxylation sites is 3. The quantitative estimate of drug-likeness (QED) is 0.160. The first kappa shape index (κ1) is 31.3. The Kier molecular flexibility index (Phi) is 7.31. The lowest BCUT2D eigenvalue weighted by Crippen LogP contribution is -2.32. The summed E-state index contributed by atoms with van der Waals surface area (Å²) in [6, 6.07) is 57.3. The molecule has 2 heterocycles. The number of fused-ring (bicyclic) bond motifs is 12. The summed E-state index contributed by atoms with van der Waals surface area (Å²) in [7, 11) is 0. The van der Waals surface area contributed by atoms with Crippen LogP contribution < -0.4 is 9.64 Å². The molecule has 0 radical (unpaired) electrons. The van der Waals surface area contributed by atoms with Crippen LogP contribution in [0.1, 0.15) is 29.2 Å². The molecule has 1 aromatic heterocycles. The van der Waals surface area contributed by atoms with E-state index in [0.29, 0.717) is 0 Å². The van der Waals surface area contributed by atoms with Gasteiger partial charge in [-0.15, -0.1) is 11.3 Å². The zero-order valence-corrected chi connectivity index (χ0v) is 30.1. The lowest BCUT2D eigenvalue weighted by atomic mass is 9.66. The van der Waals surface area contributed by atoms with Crippen LogP contribution >= 0.6 is 11.3 Å². The lowest BCUT2D eigenvalue weighted by Gasteiger charge is -2.39. The third-order valence-corrected chi connectivity index (χ3v) is 12.1. The molecule has 252 valence electrons. The van der Waals surface area contributed by atoms with Crippen molar-refractivity contribution in [3.8, 4) is 33.8 Å². The molecule has 0 bridgehead atoms. The normalized spacial score (nSPS) is 13.8. The molecule has 0 fully saturated rings. The summed E-state index contributed by atoms with van der Waals surface area (Å²) in [4.78, 5) is 2.38. The van der Waals surface area contributed by atoms with E-state index >= 15 is 0 Å². The highest BCUT2D eigenvalue weighted by Crippen LogP contribution is 2.63. The third kappa shape index (κ3) is 4.57. The molecule has 3 heteroatoms. The van der Waals surface area contributed by atoms with Gasteiger partial charge in [0.15, 0.2) is 0 Å². The average Bonchev–Trinajstić information content (AvgIpc) is 3.74. The molecule has 1 aliphatic carbocycles. The van der Waals surface area contributed by atoms with Gasteiger partial charge >= 0.3 is 0 Å². The first-order chi connectivity index (χ1) is 26.2. The second-order valence-electron chi connectivity index (χ2n) is 13.7. The van der Waals surface area contributed by atoms with E-state index in [0.717, 1.165) is 28.6 Å². The maximum Gasteiger partial charge on any atom is 0.132 e. The van der Waals surface area contributed by atoms with Gasteiger partial charge in [0.2, 0.25) is 0 Å². The van der Waals surface area contributed by atoms with E-state index in [9.17, 15) is 0 Å². The summed E-state index contributed by atoms with van der Waals surface area (Å²) in [5, 5.41) is 2.52. The summed E-state index contributed by atoms with van der Waals surface area (Å²) >= 11 is 1.88. The van der Waals surface area contributed by atoms with Crippen LogP contribution in [0.2, 0.25) is 0 Å². The van der Waals surface area contributed by atoms with Crippen LogP contribution in [0, 0.1) is 0 Å². The number of ether oxygens (including phenoxy) is 1. The minimum atomic E-state index is -0.516. The molecule has 8 aromatic rings. The molecule has 0 N–H and O–H groups in total. The van der Waals surface area contributed by atoms with Gasteiger partial charge in [-0.2, -0.15) is 0 Å². The number of allylic oxidation sites excluding steroid dienone is 5. The SMILES string of the molecule is C=C/C=C\C=C(/C)N(c1ccccc1)c1ccc(-c2cccc3c2-c2ccccc2C32c3ccccc3Oc3ccccc32)c2sc3ccccc3c12. The Morgan fingerprint density at radius 1 is 0.604 bits per heavy atom. The second-order valence-corrected chi connectivity index (χ2v) is 14.7. The number of hydrogen-bond acceptors (Lipinski definition) is 3. The van der Waals surface area contributed by atoms with Crippen molar-refractivity contribution in [2.24, 2.45) is 0 Å². The first-order valence-electron chi connectivity index (χ1n) is 18.1. The molecule has 10 rings (SSSR count). The highest BCUT2D eigenvalue weighted by Gasteiger charge is 2.51. The minimum absolute atomic E-state index is 0.516. The molecular formula is C50H35NOS. The van der Waals surface area contributed by atoms with Gasteiger partial charge in [0.25, 0.3) is 0 Å². The van der Waals surface area contributed by atoms with Crippen molar-refractivity contribution in [3.05, 3.63) is 217 Å². The fraction of sp³-hybridized carbons (Fsp3) is 0.0400. The number of thiophene rings is 1. The molecular weight excluding hydrogens is 663 g/mol. The van der Waals surface area contributed by atoms with Crippen LogP contribution in [0.15, 0.2) is 194 Å². The van der Waals surface area contributed by atoms with Crippen molar-refractivity contribution in [2.75, 3.05) is 4.90 Å². The van der Waals surface area contributed by atoms with Gasteiger partial charge in [0.1, 0.15) is 11.5 Å². The second kappa shape index (κ2) is 12.4. The van der Waals surface area contributed by atoms with Gasteiger partial charge in [-0.25, -0.2) is 0 Å². The Balaban J connectivity index is 1.28. The summed E-state index contributed by atoms with van der Waals surface area (Å²) in [5.41, 5.74) is 12.8. The fourth-order valence-corrected chi connectivity index (χ4v) is 10.0. The highest BCUT2D eigenvalue weighted by atomic mass is 32.1. The van der Waals surface area contributed by atoms with Gasteiger partial charge in [-0.05, 0) is 77.2 Å². The largest absolute Gasteiger partial charge is 0.457 e. The van der Waals surface area contributed by atoms with Gasteiger partial charge < -0.3 is 9.64 Å². The molecule has 0 saturated carbocycles. The Morgan fingerprint density at radius 2 is 1.25 bits per heavy atom. The smallest absolute Gasteiger partial charge is 0.132 e. The summed E-state index contributed by atoms with van der Waals surface area (Å²) in [6.07, 6.45) is 8.00. The zero-order chi connectivity index (χ0) is 35.5. The van der Waals surface area contributed by atoms with Crippen molar-refractivity contribution < 1.29 is 4.74 Å². The molecule has 0 amide bonds. The van der Waals surface area contributed by atoms with Crippen molar-refractivity contribution in [1.82, 2.24) is 0 Å². The maximum atomic E-state index is 6.61. The summed E-state index contributed by atoms with van der Waals surface area (Å²) in [6.45, 7) is 6.06. The predicted molar refractivity (Wildman–Crippen MR) is 224 cm³/mol. The Labute approximate surface area is 313 Å². The van der Waals surface area contributed by atoms with Crippen LogP contribution in [0.4, 0.5) is 11.4 Å². The van der Waals surface area contributed by atoms with E-state index in [4.69, 9.17) is 4.74 Å². The van der Waals surface area contributed by atoms with Crippen molar-refractivity contribution in [1.29, 1.82) is 0 Å². The number of hydrogen-bond donors (Lipinski definition) is 0. The molecule has 1 spiro atoms. The summed E-state index contributed by atoms with van der Waals surface area (Å²) in [5.74, 6) is 1.81. The van der Waals surface area contributed by atoms with Crippen LogP contribution in [0.25, 0.3) is 42.4 Å². The monoisotopic (exact) mass is 697 g/mol. The molecule has 2 nitrogen and oxygen atoms in total. The first-order valence-corrected chi connectivity index (χ1v) is 18.9. The Bertz CT molecular complexity index is 2760. The van der Waals surface area contributed by atoms with Crippen LogP contribution in [-0.2, 0) is 5.41 Å². The average molecular weight is 698 g/mol. The van der Waals surface area contributed by atoms with E-state index in [2.05, 4.69) is 188 Å².